The fourth-order valence-electron chi connectivity index (χ4n) is 2.35. The number of hydrogen-bond donors (Lipinski definition) is 0. The molecule has 2 aromatic heterocycles. The van der Waals surface area contributed by atoms with Crippen molar-refractivity contribution in [3.8, 4) is 0 Å². The van der Waals surface area contributed by atoms with Gasteiger partial charge in [-0.2, -0.15) is 0 Å². The average Bonchev–Trinajstić information content (AvgIpc) is 2.73. The van der Waals surface area contributed by atoms with Gasteiger partial charge in [0.05, 0.1) is 17.7 Å². The summed E-state index contributed by atoms with van der Waals surface area (Å²) in [5.41, 5.74) is 1.64. The van der Waals surface area contributed by atoms with Crippen molar-refractivity contribution in [3.05, 3.63) is 23.1 Å². The Morgan fingerprint density at radius 3 is 2.75 bits per heavy atom. The molecular weight excluding hydrogens is 297 g/mol. The monoisotopic (exact) mass is 315 g/mol. The Labute approximate surface area is 129 Å². The number of methoxy groups -OCH3 is 1. The summed E-state index contributed by atoms with van der Waals surface area (Å²) in [6.07, 6.45) is 2.35. The predicted molar refractivity (Wildman–Crippen MR) is 82.7 cm³/mol. The molecule has 0 aliphatic carbocycles. The highest BCUT2D eigenvalue weighted by Crippen LogP contribution is 2.27. The Balaban J connectivity index is 2.60. The minimum atomic E-state index is 0.178. The molecule has 0 saturated heterocycles. The van der Waals surface area contributed by atoms with Gasteiger partial charge in [-0.05, 0) is 12.0 Å². The fraction of sp³-hybridized carbons (Fsp3) is 0.571. The van der Waals surface area contributed by atoms with E-state index in [1.807, 2.05) is 6.07 Å². The third-order valence-corrected chi connectivity index (χ3v) is 3.72. The Morgan fingerprint density at radius 1 is 1.40 bits per heavy atom. The zero-order chi connectivity index (χ0) is 14.7. The number of aryl methyl sites for hydroxylation is 1. The molecule has 0 aromatic carbocycles. The van der Waals surface area contributed by atoms with Crippen LogP contribution in [-0.4, -0.2) is 34.1 Å². The molecule has 2 heterocycles. The first-order valence-electron chi connectivity index (χ1n) is 6.65. The van der Waals surface area contributed by atoms with Crippen LogP contribution in [0.25, 0.3) is 11.2 Å². The summed E-state index contributed by atoms with van der Waals surface area (Å²) in [7, 11) is 1.71. The second kappa shape index (κ2) is 6.74. The molecule has 2 aromatic rings. The molecule has 0 amide bonds. The van der Waals surface area contributed by atoms with Crippen molar-refractivity contribution >= 4 is 34.4 Å². The number of hydrogen-bond acceptors (Lipinski definition) is 3. The quantitative estimate of drug-likeness (QED) is 0.763. The third kappa shape index (κ3) is 3.08. The molecule has 0 radical (unpaired) electrons. The number of ether oxygens (including phenoxy) is 1. The van der Waals surface area contributed by atoms with Gasteiger partial charge in [-0.25, -0.2) is 9.97 Å². The van der Waals surface area contributed by atoms with Crippen molar-refractivity contribution in [1.29, 1.82) is 0 Å². The minimum Gasteiger partial charge on any atom is -0.383 e. The van der Waals surface area contributed by atoms with Crippen LogP contribution in [-0.2, 0) is 11.2 Å². The largest absolute Gasteiger partial charge is 0.383 e. The van der Waals surface area contributed by atoms with Crippen LogP contribution in [0.2, 0.25) is 5.02 Å². The van der Waals surface area contributed by atoms with Gasteiger partial charge in [-0.15, -0.1) is 11.6 Å². The average molecular weight is 316 g/mol. The van der Waals surface area contributed by atoms with E-state index in [-0.39, 0.29) is 6.04 Å². The summed E-state index contributed by atoms with van der Waals surface area (Å²) in [6, 6.07) is 2.01. The molecule has 0 bridgehead atoms. The molecule has 0 aliphatic heterocycles. The zero-order valence-corrected chi connectivity index (χ0v) is 13.4. The summed E-state index contributed by atoms with van der Waals surface area (Å²) < 4.78 is 7.50. The van der Waals surface area contributed by atoms with E-state index >= 15 is 0 Å². The van der Waals surface area contributed by atoms with Gasteiger partial charge < -0.3 is 9.30 Å². The van der Waals surface area contributed by atoms with Gasteiger partial charge in [-0.3, -0.25) is 0 Å². The lowest BCUT2D eigenvalue weighted by atomic mass is 10.0. The number of imidazole rings is 1. The van der Waals surface area contributed by atoms with Gasteiger partial charge in [0.1, 0.15) is 11.3 Å². The molecule has 110 valence electrons. The predicted octanol–water partition coefficient (Wildman–Crippen LogP) is 3.71. The maximum absolute atomic E-state index is 6.00. The van der Waals surface area contributed by atoms with Crippen molar-refractivity contribution in [3.63, 3.8) is 0 Å². The molecule has 1 atom stereocenters. The molecule has 0 aliphatic rings. The number of aromatic nitrogens is 3. The van der Waals surface area contributed by atoms with Crippen LogP contribution in [0, 0.1) is 5.92 Å². The highest BCUT2D eigenvalue weighted by Gasteiger charge is 2.22. The van der Waals surface area contributed by atoms with Crippen LogP contribution in [0.15, 0.2) is 12.3 Å². The van der Waals surface area contributed by atoms with Gasteiger partial charge in [0.2, 0.25) is 0 Å². The minimum absolute atomic E-state index is 0.178. The van der Waals surface area contributed by atoms with E-state index in [1.165, 1.54) is 0 Å². The molecule has 1 unspecified atom stereocenters. The van der Waals surface area contributed by atoms with E-state index < -0.39 is 0 Å². The third-order valence-electron chi connectivity index (χ3n) is 3.33. The summed E-state index contributed by atoms with van der Waals surface area (Å²) in [5.74, 6) is 1.86. The van der Waals surface area contributed by atoms with Crippen molar-refractivity contribution < 1.29 is 4.74 Å². The maximum Gasteiger partial charge on any atom is 0.160 e. The van der Waals surface area contributed by atoms with Crippen molar-refractivity contribution in [2.45, 2.75) is 26.3 Å². The lowest BCUT2D eigenvalue weighted by Crippen LogP contribution is -2.22. The Morgan fingerprint density at radius 2 is 2.15 bits per heavy atom. The number of nitrogens with zero attached hydrogens (tertiary/aromatic N) is 3. The van der Waals surface area contributed by atoms with Gasteiger partial charge in [0, 0.05) is 25.6 Å². The highest BCUT2D eigenvalue weighted by molar-refractivity contribution is 6.31. The van der Waals surface area contributed by atoms with Crippen LogP contribution in [0.4, 0.5) is 0 Å². The lowest BCUT2D eigenvalue weighted by Gasteiger charge is -2.24. The van der Waals surface area contributed by atoms with Crippen molar-refractivity contribution in [2.75, 3.05) is 19.6 Å². The molecule has 20 heavy (non-hydrogen) atoms. The number of pyridine rings is 1. The first-order valence-corrected chi connectivity index (χ1v) is 7.57. The molecule has 0 saturated carbocycles. The molecule has 0 spiro atoms. The summed E-state index contributed by atoms with van der Waals surface area (Å²) in [6.45, 7) is 4.94. The molecule has 2 rings (SSSR count). The van der Waals surface area contributed by atoms with Crippen LogP contribution < -0.4 is 0 Å². The lowest BCUT2D eigenvalue weighted by molar-refractivity contribution is 0.133. The highest BCUT2D eigenvalue weighted by atomic mass is 35.5. The number of halogens is 2. The maximum atomic E-state index is 6.00. The standard InChI is InChI=1S/C14H19Cl2N3O/c1-9(2)12(8-20-3)19-13(4-5-15)18-11-6-10(16)7-17-14(11)19/h6-7,9,12H,4-5,8H2,1-3H3. The molecule has 0 fully saturated rings. The second-order valence-corrected chi connectivity index (χ2v) is 5.91. The number of alkyl halides is 1. The van der Waals surface area contributed by atoms with Crippen LogP contribution in [0.5, 0.6) is 0 Å². The van der Waals surface area contributed by atoms with Gasteiger partial charge >= 0.3 is 0 Å². The van der Waals surface area contributed by atoms with E-state index in [0.29, 0.717) is 29.8 Å². The second-order valence-electron chi connectivity index (χ2n) is 5.10. The Bertz CT molecular complexity index is 583. The summed E-state index contributed by atoms with van der Waals surface area (Å²) in [5, 5.41) is 0.590. The van der Waals surface area contributed by atoms with E-state index in [9.17, 15) is 0 Å². The molecule has 0 N–H and O–H groups in total. The van der Waals surface area contributed by atoms with E-state index in [1.54, 1.807) is 13.3 Å². The van der Waals surface area contributed by atoms with E-state index in [4.69, 9.17) is 27.9 Å². The molecular formula is C14H19Cl2N3O. The first-order chi connectivity index (χ1) is 9.58. The summed E-state index contributed by atoms with van der Waals surface area (Å²) in [4.78, 5) is 9.06. The SMILES string of the molecule is COCC(C(C)C)n1c(CCCl)nc2cc(Cl)cnc21. The summed E-state index contributed by atoms with van der Waals surface area (Å²) >= 11 is 11.9. The first kappa shape index (κ1) is 15.5. The van der Waals surface area contributed by atoms with Crippen molar-refractivity contribution in [1.82, 2.24) is 14.5 Å². The number of fused-ring (bicyclic) bond motifs is 1. The molecule has 6 heteroatoms. The van der Waals surface area contributed by atoms with Gasteiger partial charge in [0.25, 0.3) is 0 Å². The smallest absolute Gasteiger partial charge is 0.160 e. The fourth-order valence-corrected chi connectivity index (χ4v) is 2.67. The van der Waals surface area contributed by atoms with Crippen LogP contribution in [0.1, 0.15) is 25.7 Å². The zero-order valence-electron chi connectivity index (χ0n) is 11.9. The normalized spacial score (nSPS) is 13.3. The van der Waals surface area contributed by atoms with Gasteiger partial charge in [0.15, 0.2) is 5.65 Å². The van der Waals surface area contributed by atoms with Gasteiger partial charge in [-0.1, -0.05) is 25.4 Å². The Hall–Kier alpha value is -0.840. The van der Waals surface area contributed by atoms with Crippen LogP contribution in [0.3, 0.4) is 0 Å². The van der Waals surface area contributed by atoms with Crippen molar-refractivity contribution in [2.24, 2.45) is 5.92 Å². The topological polar surface area (TPSA) is 39.9 Å². The van der Waals surface area contributed by atoms with Crippen LogP contribution >= 0.6 is 23.2 Å². The number of rotatable bonds is 6. The Kier molecular flexibility index (Phi) is 5.24. The van der Waals surface area contributed by atoms with E-state index in [0.717, 1.165) is 17.0 Å². The van der Waals surface area contributed by atoms with E-state index in [2.05, 4.69) is 28.4 Å². The molecule has 4 nitrogen and oxygen atoms in total.